The molecule has 2 nitrogen and oxygen atoms in total. The van der Waals surface area contributed by atoms with E-state index >= 15 is 0 Å². The molecular weight excluding hydrogens is 255 g/mol. The van der Waals surface area contributed by atoms with E-state index in [-0.39, 0.29) is 12.3 Å². The zero-order valence-corrected chi connectivity index (χ0v) is 12.0. The van der Waals surface area contributed by atoms with Gasteiger partial charge in [-0.3, -0.25) is 0 Å². The van der Waals surface area contributed by atoms with E-state index in [2.05, 4.69) is 0 Å². The molecule has 19 heavy (non-hydrogen) atoms. The van der Waals surface area contributed by atoms with Gasteiger partial charge < -0.3 is 9.67 Å². The van der Waals surface area contributed by atoms with Crippen molar-refractivity contribution in [3.63, 3.8) is 0 Å². The molecule has 2 aromatic rings. The van der Waals surface area contributed by atoms with Gasteiger partial charge in [0, 0.05) is 22.9 Å². The highest BCUT2D eigenvalue weighted by molar-refractivity contribution is 7.79. The summed E-state index contributed by atoms with van der Waals surface area (Å²) in [7, 11) is -2.69. The second-order valence-electron chi connectivity index (χ2n) is 4.69. The maximum Gasteiger partial charge on any atom is 0.145 e. The Hall–Kier alpha value is -1.37. The first-order valence-electron chi connectivity index (χ1n) is 6.51. The Labute approximate surface area is 114 Å². The van der Waals surface area contributed by atoms with Crippen LogP contribution < -0.4 is 10.6 Å². The summed E-state index contributed by atoms with van der Waals surface area (Å²) in [6, 6.07) is 19.2. The lowest BCUT2D eigenvalue weighted by Gasteiger charge is -2.25. The monoisotopic (exact) mass is 274 g/mol. The van der Waals surface area contributed by atoms with Crippen molar-refractivity contribution in [2.24, 2.45) is 0 Å². The molecule has 2 aromatic carbocycles. The van der Waals surface area contributed by atoms with E-state index in [9.17, 15) is 9.67 Å². The fraction of sp³-hybridized carbons (Fsp3) is 0.250. The molecule has 0 amide bonds. The molecule has 0 fully saturated rings. The van der Waals surface area contributed by atoms with Crippen LogP contribution in [0.15, 0.2) is 60.7 Å². The van der Waals surface area contributed by atoms with Crippen molar-refractivity contribution >= 4 is 17.8 Å². The molecule has 1 atom stereocenters. The van der Waals surface area contributed by atoms with Gasteiger partial charge in [-0.1, -0.05) is 67.6 Å². The van der Waals surface area contributed by atoms with E-state index in [0.717, 1.165) is 10.6 Å². The maximum atomic E-state index is 13.6. The zero-order valence-electron chi connectivity index (χ0n) is 11.1. The van der Waals surface area contributed by atoms with Crippen molar-refractivity contribution in [3.8, 4) is 0 Å². The summed E-state index contributed by atoms with van der Waals surface area (Å²) in [5.74, 6) is 0. The van der Waals surface area contributed by atoms with Gasteiger partial charge in [0.25, 0.3) is 0 Å². The van der Waals surface area contributed by atoms with Crippen LogP contribution in [0.1, 0.15) is 13.3 Å². The summed E-state index contributed by atoms with van der Waals surface area (Å²) >= 11 is 0. The molecule has 0 aliphatic heterocycles. The van der Waals surface area contributed by atoms with E-state index in [1.165, 1.54) is 0 Å². The van der Waals surface area contributed by atoms with Crippen molar-refractivity contribution in [3.05, 3.63) is 60.7 Å². The topological polar surface area (TPSA) is 37.3 Å². The molecule has 0 saturated carbocycles. The van der Waals surface area contributed by atoms with Crippen molar-refractivity contribution < 1.29 is 9.67 Å². The number of hydrogen-bond donors (Lipinski definition) is 1. The fourth-order valence-corrected chi connectivity index (χ4v) is 5.35. The van der Waals surface area contributed by atoms with Crippen molar-refractivity contribution in [2.75, 3.05) is 6.61 Å². The van der Waals surface area contributed by atoms with Crippen LogP contribution in [0.25, 0.3) is 0 Å². The van der Waals surface area contributed by atoms with Gasteiger partial charge in [-0.2, -0.15) is 0 Å². The van der Waals surface area contributed by atoms with E-state index < -0.39 is 7.14 Å². The lowest BCUT2D eigenvalue weighted by molar-refractivity contribution is 0.287. The number of benzene rings is 2. The van der Waals surface area contributed by atoms with Crippen LogP contribution in [0.5, 0.6) is 0 Å². The highest BCUT2D eigenvalue weighted by Crippen LogP contribution is 2.49. The van der Waals surface area contributed by atoms with Crippen LogP contribution in [-0.4, -0.2) is 17.4 Å². The zero-order chi connectivity index (χ0) is 13.7. The average Bonchev–Trinajstić information content (AvgIpc) is 2.48. The first kappa shape index (κ1) is 14.0. The first-order valence-corrected chi connectivity index (χ1v) is 8.29. The Morgan fingerprint density at radius 3 is 1.74 bits per heavy atom. The minimum atomic E-state index is -2.69. The Kier molecular flexibility index (Phi) is 4.57. The molecule has 0 saturated heterocycles. The van der Waals surface area contributed by atoms with Crippen molar-refractivity contribution in [2.45, 2.75) is 19.0 Å². The van der Waals surface area contributed by atoms with Crippen LogP contribution in [0.3, 0.4) is 0 Å². The van der Waals surface area contributed by atoms with Crippen LogP contribution in [0, 0.1) is 0 Å². The summed E-state index contributed by atoms with van der Waals surface area (Å²) in [6.45, 7) is 2.02. The van der Waals surface area contributed by atoms with Crippen LogP contribution in [0.4, 0.5) is 0 Å². The van der Waals surface area contributed by atoms with Gasteiger partial charge in [-0.05, 0) is 6.42 Å². The Morgan fingerprint density at radius 1 is 0.947 bits per heavy atom. The summed E-state index contributed by atoms with van der Waals surface area (Å²) in [5.41, 5.74) is -0.0673. The first-order chi connectivity index (χ1) is 9.19. The minimum absolute atomic E-state index is 0.0603. The van der Waals surface area contributed by atoms with Gasteiger partial charge in [-0.25, -0.2) is 0 Å². The second-order valence-corrected chi connectivity index (χ2v) is 7.92. The predicted octanol–water partition coefficient (Wildman–Crippen LogP) is 2.77. The lowest BCUT2D eigenvalue weighted by Crippen LogP contribution is -2.24. The molecule has 0 bridgehead atoms. The van der Waals surface area contributed by atoms with Gasteiger partial charge >= 0.3 is 0 Å². The smallest absolute Gasteiger partial charge is 0.145 e. The Bertz CT molecular complexity index is 508. The molecule has 3 heteroatoms. The van der Waals surface area contributed by atoms with E-state index in [1.54, 1.807) is 0 Å². The molecule has 100 valence electrons. The van der Waals surface area contributed by atoms with Gasteiger partial charge in [0.15, 0.2) is 0 Å². The van der Waals surface area contributed by atoms with E-state index in [1.807, 2.05) is 67.6 Å². The molecule has 1 unspecified atom stereocenters. The molecule has 0 radical (unpaired) electrons. The molecule has 0 aromatic heterocycles. The summed E-state index contributed by atoms with van der Waals surface area (Å²) in [6.07, 6.45) is 0.543. The third-order valence-corrected chi connectivity index (χ3v) is 7.08. The standard InChI is InChI=1S/C16H19O2P/c1-14(12-13-17)19(18,15-8-4-2-5-9-15)16-10-6-3-7-11-16/h2-11,14,17H,12-13H2,1H3. The molecule has 0 spiro atoms. The highest BCUT2D eigenvalue weighted by Gasteiger charge is 2.32. The SMILES string of the molecule is CC(CCO)P(=O)(c1ccccc1)c1ccccc1. The third kappa shape index (κ3) is 2.80. The van der Waals surface area contributed by atoms with Crippen molar-refractivity contribution in [1.29, 1.82) is 0 Å². The number of hydrogen-bond acceptors (Lipinski definition) is 2. The molecule has 2 rings (SSSR count). The largest absolute Gasteiger partial charge is 0.396 e. The molecular formula is C16H19O2P. The number of aliphatic hydroxyl groups is 1. The van der Waals surface area contributed by atoms with Gasteiger partial charge in [0.1, 0.15) is 7.14 Å². The van der Waals surface area contributed by atoms with Gasteiger partial charge in [0.2, 0.25) is 0 Å². The molecule has 0 aliphatic carbocycles. The third-order valence-electron chi connectivity index (χ3n) is 3.45. The Balaban J connectivity index is 2.54. The van der Waals surface area contributed by atoms with Crippen LogP contribution >= 0.6 is 7.14 Å². The fourth-order valence-electron chi connectivity index (χ4n) is 2.33. The number of aliphatic hydroxyl groups excluding tert-OH is 1. The maximum absolute atomic E-state index is 13.6. The predicted molar refractivity (Wildman–Crippen MR) is 80.9 cm³/mol. The van der Waals surface area contributed by atoms with E-state index in [4.69, 9.17) is 0 Å². The minimum Gasteiger partial charge on any atom is -0.396 e. The molecule has 0 heterocycles. The molecule has 1 N–H and O–H groups in total. The highest BCUT2D eigenvalue weighted by atomic mass is 31.2. The quantitative estimate of drug-likeness (QED) is 0.851. The van der Waals surface area contributed by atoms with Crippen molar-refractivity contribution in [1.82, 2.24) is 0 Å². The average molecular weight is 274 g/mol. The second kappa shape index (κ2) is 6.18. The number of rotatable bonds is 5. The summed E-state index contributed by atoms with van der Waals surface area (Å²) in [4.78, 5) is 0. The van der Waals surface area contributed by atoms with Gasteiger partial charge in [-0.15, -0.1) is 0 Å². The van der Waals surface area contributed by atoms with Gasteiger partial charge in [0.05, 0.1) is 0 Å². The normalized spacial score (nSPS) is 13.2. The summed E-state index contributed by atoms with van der Waals surface area (Å²) in [5, 5.41) is 10.9. The Morgan fingerprint density at radius 2 is 1.37 bits per heavy atom. The lowest BCUT2D eigenvalue weighted by atomic mass is 10.3. The molecule has 0 aliphatic rings. The van der Waals surface area contributed by atoms with E-state index in [0.29, 0.717) is 6.42 Å². The van der Waals surface area contributed by atoms with Crippen LogP contribution in [-0.2, 0) is 4.57 Å². The van der Waals surface area contributed by atoms with Crippen LogP contribution in [0.2, 0.25) is 0 Å². The summed E-state index contributed by atoms with van der Waals surface area (Å²) < 4.78 is 13.6.